The number of fused-ring (bicyclic) bond motifs is 2. The molecule has 0 unspecified atom stereocenters. The molecule has 0 bridgehead atoms. The highest BCUT2D eigenvalue weighted by Gasteiger charge is 2.56. The molecule has 140 valence electrons. The Morgan fingerprint density at radius 2 is 2.00 bits per heavy atom. The van der Waals surface area contributed by atoms with E-state index in [9.17, 15) is 9.59 Å². The van der Waals surface area contributed by atoms with Crippen molar-refractivity contribution in [3.05, 3.63) is 21.9 Å². The molecule has 1 aromatic rings. The zero-order chi connectivity index (χ0) is 17.9. The number of thiophene rings is 1. The zero-order valence-electron chi connectivity index (χ0n) is 15.3. The van der Waals surface area contributed by atoms with Crippen LogP contribution < -0.4 is 0 Å². The van der Waals surface area contributed by atoms with Crippen molar-refractivity contribution < 1.29 is 14.3 Å². The van der Waals surface area contributed by atoms with Gasteiger partial charge >= 0.3 is 0 Å². The van der Waals surface area contributed by atoms with Gasteiger partial charge in [0.15, 0.2) is 0 Å². The number of hydrogen-bond acceptors (Lipinski definition) is 4. The Morgan fingerprint density at radius 3 is 2.69 bits per heavy atom. The summed E-state index contributed by atoms with van der Waals surface area (Å²) in [6.45, 7) is 5.55. The number of rotatable bonds is 2. The molecule has 0 aromatic carbocycles. The van der Waals surface area contributed by atoms with E-state index in [2.05, 4.69) is 11.4 Å². The van der Waals surface area contributed by atoms with Gasteiger partial charge in [0.25, 0.3) is 5.91 Å². The van der Waals surface area contributed by atoms with Gasteiger partial charge in [0.1, 0.15) is 0 Å². The zero-order valence-corrected chi connectivity index (χ0v) is 16.1. The maximum atomic E-state index is 13.1. The molecule has 2 amide bonds. The topological polar surface area (TPSA) is 49.9 Å². The number of ether oxygens (including phenoxy) is 1. The molecular formula is C20H26N2O3S. The van der Waals surface area contributed by atoms with Crippen LogP contribution in [0.15, 0.2) is 11.4 Å². The minimum Gasteiger partial charge on any atom is -0.379 e. The Morgan fingerprint density at radius 1 is 1.23 bits per heavy atom. The fourth-order valence-electron chi connectivity index (χ4n) is 5.39. The van der Waals surface area contributed by atoms with E-state index in [0.29, 0.717) is 18.4 Å². The molecule has 4 aliphatic rings. The van der Waals surface area contributed by atoms with Crippen molar-refractivity contribution in [3.8, 4) is 0 Å². The van der Waals surface area contributed by atoms with Crippen molar-refractivity contribution in [1.29, 1.82) is 0 Å². The minimum absolute atomic E-state index is 0.137. The van der Waals surface area contributed by atoms with E-state index in [1.165, 1.54) is 18.4 Å². The first-order valence-electron chi connectivity index (χ1n) is 9.81. The van der Waals surface area contributed by atoms with Gasteiger partial charge in [0.2, 0.25) is 5.91 Å². The van der Waals surface area contributed by atoms with Crippen LogP contribution in [0.2, 0.25) is 0 Å². The predicted octanol–water partition coefficient (Wildman–Crippen LogP) is 2.73. The van der Waals surface area contributed by atoms with Gasteiger partial charge in [-0.15, -0.1) is 11.3 Å². The average molecular weight is 375 g/mol. The molecule has 3 saturated heterocycles. The van der Waals surface area contributed by atoms with Crippen LogP contribution in [0.5, 0.6) is 0 Å². The summed E-state index contributed by atoms with van der Waals surface area (Å²) >= 11 is 1.60. The van der Waals surface area contributed by atoms with Crippen molar-refractivity contribution in [3.63, 3.8) is 0 Å². The van der Waals surface area contributed by atoms with Gasteiger partial charge < -0.3 is 14.5 Å². The summed E-state index contributed by atoms with van der Waals surface area (Å²) in [6.07, 6.45) is 4.42. The van der Waals surface area contributed by atoms with Crippen LogP contribution in [0.1, 0.15) is 53.8 Å². The normalized spacial score (nSPS) is 30.0. The van der Waals surface area contributed by atoms with E-state index < -0.39 is 0 Å². The van der Waals surface area contributed by atoms with E-state index in [-0.39, 0.29) is 23.3 Å². The largest absolute Gasteiger partial charge is 0.379 e. The van der Waals surface area contributed by atoms with Gasteiger partial charge in [0.05, 0.1) is 24.1 Å². The summed E-state index contributed by atoms with van der Waals surface area (Å²) in [5, 5.41) is 2.06. The number of piperidine rings is 1. The summed E-state index contributed by atoms with van der Waals surface area (Å²) in [5.41, 5.74) is 1.41. The van der Waals surface area contributed by atoms with Crippen LogP contribution in [0.4, 0.5) is 0 Å². The van der Waals surface area contributed by atoms with E-state index in [1.54, 1.807) is 18.3 Å². The first kappa shape index (κ1) is 16.8. The molecule has 4 heterocycles. The van der Waals surface area contributed by atoms with Crippen molar-refractivity contribution in [2.75, 3.05) is 32.8 Å². The first-order chi connectivity index (χ1) is 12.6. The second kappa shape index (κ2) is 6.06. The summed E-state index contributed by atoms with van der Waals surface area (Å²) in [7, 11) is 0. The number of carbonyl (C=O) groups is 2. The number of hydrogen-bond donors (Lipinski definition) is 0. The molecule has 1 spiro atoms. The lowest BCUT2D eigenvalue weighted by Crippen LogP contribution is -2.47. The maximum Gasteiger partial charge on any atom is 0.264 e. The highest BCUT2D eigenvalue weighted by Crippen LogP contribution is 2.50. The van der Waals surface area contributed by atoms with Crippen LogP contribution in [0.3, 0.4) is 0 Å². The van der Waals surface area contributed by atoms with E-state index in [1.807, 2.05) is 9.80 Å². The third-order valence-electron chi connectivity index (χ3n) is 7.08. The van der Waals surface area contributed by atoms with E-state index in [0.717, 1.165) is 44.0 Å². The van der Waals surface area contributed by atoms with Crippen molar-refractivity contribution >= 4 is 23.2 Å². The smallest absolute Gasteiger partial charge is 0.264 e. The Kier molecular flexibility index (Phi) is 3.90. The predicted molar refractivity (Wildman–Crippen MR) is 99.3 cm³/mol. The maximum absolute atomic E-state index is 13.1. The third kappa shape index (κ3) is 2.53. The van der Waals surface area contributed by atoms with E-state index >= 15 is 0 Å². The summed E-state index contributed by atoms with van der Waals surface area (Å²) in [6, 6.07) is 2.39. The van der Waals surface area contributed by atoms with Gasteiger partial charge in [-0.2, -0.15) is 0 Å². The second-order valence-corrected chi connectivity index (χ2v) is 9.41. The molecule has 1 aliphatic carbocycles. The van der Waals surface area contributed by atoms with Gasteiger partial charge in [-0.05, 0) is 54.0 Å². The number of carbonyl (C=O) groups excluding carboxylic acids is 2. The number of nitrogens with zero attached hydrogens (tertiary/aromatic N) is 2. The second-order valence-electron chi connectivity index (χ2n) is 8.49. The Balaban J connectivity index is 1.31. The molecule has 1 aromatic heterocycles. The minimum atomic E-state index is 0.137. The molecule has 0 radical (unpaired) electrons. The Hall–Kier alpha value is -1.40. The van der Waals surface area contributed by atoms with Gasteiger partial charge in [-0.25, -0.2) is 0 Å². The number of amides is 2. The van der Waals surface area contributed by atoms with Crippen molar-refractivity contribution in [2.45, 2.75) is 44.6 Å². The van der Waals surface area contributed by atoms with E-state index in [4.69, 9.17) is 4.74 Å². The fourth-order valence-corrected chi connectivity index (χ4v) is 6.34. The van der Waals surface area contributed by atoms with Crippen molar-refractivity contribution in [1.82, 2.24) is 9.80 Å². The summed E-state index contributed by atoms with van der Waals surface area (Å²) in [4.78, 5) is 30.2. The monoisotopic (exact) mass is 374 g/mol. The quantitative estimate of drug-likeness (QED) is 0.800. The molecule has 5 nitrogen and oxygen atoms in total. The van der Waals surface area contributed by atoms with Gasteiger partial charge in [-0.3, -0.25) is 9.59 Å². The molecule has 0 N–H and O–H groups in total. The molecule has 26 heavy (non-hydrogen) atoms. The molecular weight excluding hydrogens is 348 g/mol. The Bertz CT molecular complexity index is 733. The highest BCUT2D eigenvalue weighted by atomic mass is 32.1. The molecule has 5 rings (SSSR count). The van der Waals surface area contributed by atoms with Gasteiger partial charge in [0, 0.05) is 32.5 Å². The lowest BCUT2D eigenvalue weighted by Gasteiger charge is -2.42. The van der Waals surface area contributed by atoms with Crippen LogP contribution in [-0.4, -0.2) is 60.5 Å². The fraction of sp³-hybridized carbons (Fsp3) is 0.700. The van der Waals surface area contributed by atoms with Crippen LogP contribution in [-0.2, 0) is 9.53 Å². The number of likely N-dealkylation sites (tertiary alicyclic amines) is 2. The van der Waals surface area contributed by atoms with Crippen LogP contribution in [0, 0.1) is 11.3 Å². The average Bonchev–Trinajstić information content (AvgIpc) is 3.08. The standard InChI is InChI=1S/C20H26N2O3S/c1-13(23)22-12-20(16-10-25-11-17(16)22)5-7-21(8-6-20)19(24)18-15(4-9-26-18)14-2-3-14/h4,9,14,16-17H,2-3,5-8,10-12H2,1H3/t16-,17+/m0/s1. The lowest BCUT2D eigenvalue weighted by atomic mass is 9.70. The summed E-state index contributed by atoms with van der Waals surface area (Å²) in [5.74, 6) is 1.44. The molecule has 4 fully saturated rings. The van der Waals surface area contributed by atoms with Crippen molar-refractivity contribution in [2.24, 2.45) is 11.3 Å². The lowest BCUT2D eigenvalue weighted by molar-refractivity contribution is -0.130. The van der Waals surface area contributed by atoms with Crippen LogP contribution in [0.25, 0.3) is 0 Å². The SMILES string of the molecule is CC(=O)N1CC2(CCN(C(=O)c3sccc3C3CC3)CC2)[C@H]2COC[C@H]21. The first-order valence-corrected chi connectivity index (χ1v) is 10.7. The molecule has 1 saturated carbocycles. The van der Waals surface area contributed by atoms with Crippen LogP contribution >= 0.6 is 11.3 Å². The molecule has 2 atom stereocenters. The summed E-state index contributed by atoms with van der Waals surface area (Å²) < 4.78 is 5.73. The third-order valence-corrected chi connectivity index (χ3v) is 8.00. The highest BCUT2D eigenvalue weighted by molar-refractivity contribution is 7.12. The Labute approximate surface area is 158 Å². The van der Waals surface area contributed by atoms with Gasteiger partial charge in [-0.1, -0.05) is 0 Å². The molecule has 6 heteroatoms. The molecule has 3 aliphatic heterocycles.